The van der Waals surface area contributed by atoms with Crippen LogP contribution in [0.2, 0.25) is 0 Å². The number of hydrogen-bond acceptors (Lipinski definition) is 1. The summed E-state index contributed by atoms with van der Waals surface area (Å²) in [6.45, 7) is 7.66. The summed E-state index contributed by atoms with van der Waals surface area (Å²) in [7, 11) is 0. The lowest BCUT2D eigenvalue weighted by Gasteiger charge is -2.17. The molecule has 1 atom stereocenters. The van der Waals surface area contributed by atoms with Crippen molar-refractivity contribution in [2.75, 3.05) is 0 Å². The van der Waals surface area contributed by atoms with Gasteiger partial charge in [-0.3, -0.25) is 0 Å². The SMILES string of the molecule is Cc1ccc(C)c(C(N)c2cc(C)c(F)c(C)c2)c1. The third kappa shape index (κ3) is 2.69. The molecule has 0 spiro atoms. The van der Waals surface area contributed by atoms with Gasteiger partial charge >= 0.3 is 0 Å². The van der Waals surface area contributed by atoms with Gasteiger partial charge in [0.25, 0.3) is 0 Å². The van der Waals surface area contributed by atoms with Gasteiger partial charge < -0.3 is 5.73 Å². The van der Waals surface area contributed by atoms with Crippen LogP contribution in [0.4, 0.5) is 4.39 Å². The average molecular weight is 257 g/mol. The zero-order valence-corrected chi connectivity index (χ0v) is 11.9. The van der Waals surface area contributed by atoms with E-state index in [-0.39, 0.29) is 11.9 Å². The lowest BCUT2D eigenvalue weighted by Crippen LogP contribution is -2.14. The van der Waals surface area contributed by atoms with Crippen LogP contribution < -0.4 is 5.73 Å². The fourth-order valence-electron chi connectivity index (χ4n) is 2.43. The first-order valence-electron chi connectivity index (χ1n) is 6.49. The number of halogens is 1. The average Bonchev–Trinajstić information content (AvgIpc) is 2.37. The predicted octanol–water partition coefficient (Wildman–Crippen LogP) is 4.11. The zero-order valence-electron chi connectivity index (χ0n) is 11.9. The highest BCUT2D eigenvalue weighted by atomic mass is 19.1. The molecule has 2 rings (SSSR count). The molecule has 1 unspecified atom stereocenters. The highest BCUT2D eigenvalue weighted by molar-refractivity contribution is 5.41. The number of rotatable bonds is 2. The molecular formula is C17H20FN. The Hall–Kier alpha value is -1.67. The Balaban J connectivity index is 2.49. The van der Waals surface area contributed by atoms with E-state index >= 15 is 0 Å². The molecule has 0 aromatic heterocycles. The summed E-state index contributed by atoms with van der Waals surface area (Å²) in [6, 6.07) is 9.73. The first-order chi connectivity index (χ1) is 8.90. The Morgan fingerprint density at radius 3 is 2.05 bits per heavy atom. The van der Waals surface area contributed by atoms with E-state index in [1.54, 1.807) is 13.8 Å². The van der Waals surface area contributed by atoms with E-state index < -0.39 is 0 Å². The Labute approximate surface area is 114 Å². The maximum atomic E-state index is 13.7. The molecule has 0 amide bonds. The minimum Gasteiger partial charge on any atom is -0.320 e. The summed E-state index contributed by atoms with van der Waals surface area (Å²) < 4.78 is 13.7. The topological polar surface area (TPSA) is 26.0 Å². The Bertz CT molecular complexity index is 594. The number of aryl methyl sites for hydroxylation is 4. The van der Waals surface area contributed by atoms with Gasteiger partial charge in [0.1, 0.15) is 5.82 Å². The van der Waals surface area contributed by atoms with E-state index in [0.29, 0.717) is 11.1 Å². The molecule has 0 radical (unpaired) electrons. The summed E-state index contributed by atoms with van der Waals surface area (Å²) in [5, 5.41) is 0. The molecule has 19 heavy (non-hydrogen) atoms. The van der Waals surface area contributed by atoms with Crippen molar-refractivity contribution >= 4 is 0 Å². The molecule has 0 saturated carbocycles. The molecule has 0 fully saturated rings. The molecule has 1 nitrogen and oxygen atoms in total. The van der Waals surface area contributed by atoms with Crippen molar-refractivity contribution in [1.29, 1.82) is 0 Å². The second-order valence-electron chi connectivity index (χ2n) is 5.31. The molecule has 0 aliphatic carbocycles. The number of hydrogen-bond donors (Lipinski definition) is 1. The monoisotopic (exact) mass is 257 g/mol. The second kappa shape index (κ2) is 5.14. The second-order valence-corrected chi connectivity index (χ2v) is 5.31. The van der Waals surface area contributed by atoms with Crippen molar-refractivity contribution in [2.24, 2.45) is 5.73 Å². The quantitative estimate of drug-likeness (QED) is 0.861. The van der Waals surface area contributed by atoms with Crippen LogP contribution in [0.5, 0.6) is 0 Å². The molecule has 0 aliphatic rings. The molecular weight excluding hydrogens is 237 g/mol. The van der Waals surface area contributed by atoms with E-state index in [1.807, 2.05) is 12.1 Å². The molecule has 2 N–H and O–H groups in total. The number of nitrogens with two attached hydrogens (primary N) is 1. The maximum Gasteiger partial charge on any atom is 0.129 e. The minimum atomic E-state index is -0.210. The summed E-state index contributed by atoms with van der Waals surface area (Å²) in [5.41, 5.74) is 12.1. The summed E-state index contributed by atoms with van der Waals surface area (Å²) in [4.78, 5) is 0. The Kier molecular flexibility index (Phi) is 3.72. The van der Waals surface area contributed by atoms with Crippen molar-refractivity contribution in [3.8, 4) is 0 Å². The van der Waals surface area contributed by atoms with E-state index in [2.05, 4.69) is 32.0 Å². The smallest absolute Gasteiger partial charge is 0.129 e. The Morgan fingerprint density at radius 1 is 0.895 bits per heavy atom. The maximum absolute atomic E-state index is 13.7. The van der Waals surface area contributed by atoms with Crippen LogP contribution >= 0.6 is 0 Å². The fourth-order valence-corrected chi connectivity index (χ4v) is 2.43. The van der Waals surface area contributed by atoms with Crippen LogP contribution in [0, 0.1) is 33.5 Å². The summed E-state index contributed by atoms with van der Waals surface area (Å²) in [5.74, 6) is -0.142. The van der Waals surface area contributed by atoms with E-state index in [4.69, 9.17) is 5.73 Å². The van der Waals surface area contributed by atoms with Crippen molar-refractivity contribution in [2.45, 2.75) is 33.7 Å². The first kappa shape index (κ1) is 13.8. The largest absolute Gasteiger partial charge is 0.320 e. The minimum absolute atomic E-state index is 0.142. The van der Waals surface area contributed by atoms with Crippen molar-refractivity contribution in [3.63, 3.8) is 0 Å². The third-order valence-corrected chi connectivity index (χ3v) is 3.59. The lowest BCUT2D eigenvalue weighted by atomic mass is 9.92. The van der Waals surface area contributed by atoms with Crippen LogP contribution in [0.1, 0.15) is 39.4 Å². The van der Waals surface area contributed by atoms with E-state index in [1.165, 1.54) is 5.56 Å². The molecule has 0 aliphatic heterocycles. The van der Waals surface area contributed by atoms with Gasteiger partial charge in [0.15, 0.2) is 0 Å². The normalized spacial score (nSPS) is 12.5. The zero-order chi connectivity index (χ0) is 14.2. The highest BCUT2D eigenvalue weighted by Crippen LogP contribution is 2.26. The molecule has 2 heteroatoms. The van der Waals surface area contributed by atoms with Crippen LogP contribution in [0.15, 0.2) is 30.3 Å². The lowest BCUT2D eigenvalue weighted by molar-refractivity contribution is 0.607. The highest BCUT2D eigenvalue weighted by Gasteiger charge is 2.14. The molecule has 100 valence electrons. The fraction of sp³-hybridized carbons (Fsp3) is 0.294. The van der Waals surface area contributed by atoms with Gasteiger partial charge in [-0.2, -0.15) is 0 Å². The van der Waals surface area contributed by atoms with Crippen LogP contribution in [0.3, 0.4) is 0 Å². The number of benzene rings is 2. The predicted molar refractivity (Wildman–Crippen MR) is 77.8 cm³/mol. The van der Waals surface area contributed by atoms with Gasteiger partial charge in [-0.25, -0.2) is 4.39 Å². The van der Waals surface area contributed by atoms with Gasteiger partial charge in [-0.15, -0.1) is 0 Å². The Morgan fingerprint density at radius 2 is 1.47 bits per heavy atom. The van der Waals surface area contributed by atoms with Gasteiger partial charge in [0, 0.05) is 0 Å². The third-order valence-electron chi connectivity index (χ3n) is 3.59. The van der Waals surface area contributed by atoms with E-state index in [9.17, 15) is 4.39 Å². The van der Waals surface area contributed by atoms with Gasteiger partial charge in [0.05, 0.1) is 6.04 Å². The first-order valence-corrected chi connectivity index (χ1v) is 6.49. The summed E-state index contributed by atoms with van der Waals surface area (Å²) >= 11 is 0. The van der Waals surface area contributed by atoms with Gasteiger partial charge in [-0.05, 0) is 55.5 Å². The van der Waals surface area contributed by atoms with Gasteiger partial charge in [-0.1, -0.05) is 35.9 Å². The molecule has 0 bridgehead atoms. The van der Waals surface area contributed by atoms with Crippen LogP contribution in [0.25, 0.3) is 0 Å². The summed E-state index contributed by atoms with van der Waals surface area (Å²) in [6.07, 6.45) is 0. The van der Waals surface area contributed by atoms with E-state index in [0.717, 1.165) is 16.7 Å². The molecule has 0 saturated heterocycles. The standard InChI is InChI=1S/C17H20FN/c1-10-5-6-11(2)15(7-10)17(19)14-8-12(3)16(18)13(4)9-14/h5-9,17H,19H2,1-4H3. The van der Waals surface area contributed by atoms with Crippen molar-refractivity contribution in [1.82, 2.24) is 0 Å². The van der Waals surface area contributed by atoms with Crippen molar-refractivity contribution < 1.29 is 4.39 Å². The van der Waals surface area contributed by atoms with Crippen LogP contribution in [-0.2, 0) is 0 Å². The molecule has 2 aromatic rings. The van der Waals surface area contributed by atoms with Crippen molar-refractivity contribution in [3.05, 3.63) is 69.5 Å². The molecule has 2 aromatic carbocycles. The molecule has 0 heterocycles. The van der Waals surface area contributed by atoms with Gasteiger partial charge in [0.2, 0.25) is 0 Å². The van der Waals surface area contributed by atoms with Crippen LogP contribution in [-0.4, -0.2) is 0 Å².